The van der Waals surface area contributed by atoms with E-state index in [-0.39, 0.29) is 12.6 Å². The molecule has 2 atom stereocenters. The minimum absolute atomic E-state index is 0.000814. The van der Waals surface area contributed by atoms with Gasteiger partial charge in [0.15, 0.2) is 0 Å². The van der Waals surface area contributed by atoms with Gasteiger partial charge in [0.25, 0.3) is 5.92 Å². The number of amides is 1. The van der Waals surface area contributed by atoms with Crippen LogP contribution in [-0.4, -0.2) is 64.9 Å². The van der Waals surface area contributed by atoms with Crippen molar-refractivity contribution in [3.05, 3.63) is 35.5 Å². The first-order chi connectivity index (χ1) is 13.8. The first-order valence-electron chi connectivity index (χ1n) is 9.35. The summed E-state index contributed by atoms with van der Waals surface area (Å²) in [6.45, 7) is 0.432. The Morgan fingerprint density at radius 3 is 3.03 bits per heavy atom. The average molecular weight is 421 g/mol. The molecule has 29 heavy (non-hydrogen) atoms. The number of likely N-dealkylation sites (tertiary alicyclic amines) is 2. The molecule has 2 aromatic rings. The molecule has 2 aliphatic rings. The number of hydrogen-bond donors (Lipinski definition) is 0. The summed E-state index contributed by atoms with van der Waals surface area (Å²) in [4.78, 5) is 19.6. The number of rotatable bonds is 4. The molecule has 0 bridgehead atoms. The van der Waals surface area contributed by atoms with Crippen molar-refractivity contribution < 1.29 is 18.3 Å². The van der Waals surface area contributed by atoms with Gasteiger partial charge < -0.3 is 9.64 Å². The molecule has 2 saturated heterocycles. The van der Waals surface area contributed by atoms with E-state index in [1.165, 1.54) is 0 Å². The fourth-order valence-corrected chi connectivity index (χ4v) is 4.06. The van der Waals surface area contributed by atoms with Crippen LogP contribution in [0, 0.1) is 11.3 Å². The van der Waals surface area contributed by atoms with Crippen LogP contribution >= 0.6 is 11.6 Å². The van der Waals surface area contributed by atoms with Gasteiger partial charge in [0.05, 0.1) is 24.7 Å². The molecule has 4 rings (SSSR count). The molecular weight excluding hydrogens is 402 g/mol. The van der Waals surface area contributed by atoms with Crippen LogP contribution in [0.1, 0.15) is 12.8 Å². The number of ether oxygens (including phenoxy) is 1. The maximum absolute atomic E-state index is 13.6. The van der Waals surface area contributed by atoms with Crippen molar-refractivity contribution in [2.24, 2.45) is 0 Å². The standard InChI is InChI=1S/C20H19ClF2N4O2/c21-13-1-2-16-17(7-13)25-5-3-18(16)29-15-4-6-26(10-15)11-19(28)27-12-20(22,23)8-14(27)9-24/h1-3,5,7,14-15H,4,6,8,10-12H2/t14?,15-/m0/s1. The number of nitrogens with zero attached hydrogens (tertiary/aromatic N) is 4. The second-order valence-electron chi connectivity index (χ2n) is 7.46. The third-order valence-electron chi connectivity index (χ3n) is 5.29. The lowest BCUT2D eigenvalue weighted by Gasteiger charge is -2.23. The SMILES string of the molecule is N#CC1CC(F)(F)CN1C(=O)CN1CC[C@H](Oc2ccnc3cc(Cl)ccc23)C1. The Morgan fingerprint density at radius 1 is 1.41 bits per heavy atom. The van der Waals surface area contributed by atoms with Crippen molar-refractivity contribution in [2.75, 3.05) is 26.2 Å². The van der Waals surface area contributed by atoms with Gasteiger partial charge >= 0.3 is 0 Å². The second-order valence-corrected chi connectivity index (χ2v) is 7.90. The summed E-state index contributed by atoms with van der Waals surface area (Å²) < 4.78 is 33.3. The Kier molecular flexibility index (Phi) is 5.28. The molecule has 0 saturated carbocycles. The van der Waals surface area contributed by atoms with E-state index in [0.717, 1.165) is 15.8 Å². The quantitative estimate of drug-likeness (QED) is 0.760. The van der Waals surface area contributed by atoms with Crippen LogP contribution in [0.3, 0.4) is 0 Å². The molecule has 6 nitrogen and oxygen atoms in total. The third kappa shape index (κ3) is 4.26. The first-order valence-corrected chi connectivity index (χ1v) is 9.73. The lowest BCUT2D eigenvalue weighted by molar-refractivity contribution is -0.133. The smallest absolute Gasteiger partial charge is 0.268 e. The zero-order valence-corrected chi connectivity index (χ0v) is 16.3. The Balaban J connectivity index is 1.38. The van der Waals surface area contributed by atoms with Crippen LogP contribution in [0.25, 0.3) is 10.9 Å². The van der Waals surface area contributed by atoms with Gasteiger partial charge in [0.1, 0.15) is 17.9 Å². The minimum Gasteiger partial charge on any atom is -0.488 e. The Morgan fingerprint density at radius 2 is 2.24 bits per heavy atom. The number of benzene rings is 1. The molecule has 0 aliphatic carbocycles. The maximum Gasteiger partial charge on any atom is 0.268 e. The summed E-state index contributed by atoms with van der Waals surface area (Å²) in [6.07, 6.45) is 1.64. The molecule has 1 amide bonds. The average Bonchev–Trinajstić information content (AvgIpc) is 3.24. The molecule has 1 unspecified atom stereocenters. The molecule has 2 fully saturated rings. The number of halogens is 3. The van der Waals surface area contributed by atoms with E-state index >= 15 is 0 Å². The summed E-state index contributed by atoms with van der Waals surface area (Å²) in [5, 5.41) is 10.5. The predicted octanol–water partition coefficient (Wildman–Crippen LogP) is 3.10. The number of alkyl halides is 2. The largest absolute Gasteiger partial charge is 0.488 e. The van der Waals surface area contributed by atoms with E-state index in [0.29, 0.717) is 30.3 Å². The fraction of sp³-hybridized carbons (Fsp3) is 0.450. The lowest BCUT2D eigenvalue weighted by atomic mass is 10.2. The summed E-state index contributed by atoms with van der Waals surface area (Å²) in [5.74, 6) is -2.76. The second kappa shape index (κ2) is 7.73. The Labute approximate surface area is 171 Å². The van der Waals surface area contributed by atoms with Crippen molar-refractivity contribution >= 4 is 28.4 Å². The number of carbonyl (C=O) groups excluding carboxylic acids is 1. The van der Waals surface area contributed by atoms with Crippen molar-refractivity contribution in [1.82, 2.24) is 14.8 Å². The monoisotopic (exact) mass is 420 g/mol. The highest BCUT2D eigenvalue weighted by Crippen LogP contribution is 2.32. The van der Waals surface area contributed by atoms with Gasteiger partial charge in [0.2, 0.25) is 5.91 Å². The Hall–Kier alpha value is -2.50. The number of carbonyl (C=O) groups is 1. The number of pyridine rings is 1. The number of fused-ring (bicyclic) bond motifs is 1. The molecule has 9 heteroatoms. The van der Waals surface area contributed by atoms with Gasteiger partial charge in [0, 0.05) is 36.1 Å². The molecule has 152 valence electrons. The molecular formula is C20H19ClF2N4O2. The molecule has 3 heterocycles. The summed E-state index contributed by atoms with van der Waals surface area (Å²) in [7, 11) is 0. The van der Waals surface area contributed by atoms with Crippen molar-refractivity contribution in [1.29, 1.82) is 5.26 Å². The van der Waals surface area contributed by atoms with Gasteiger partial charge in [-0.05, 0) is 30.7 Å². The minimum atomic E-state index is -3.00. The van der Waals surface area contributed by atoms with Crippen LogP contribution in [0.4, 0.5) is 8.78 Å². The fourth-order valence-electron chi connectivity index (χ4n) is 3.89. The molecule has 1 aromatic heterocycles. The number of nitriles is 1. The van der Waals surface area contributed by atoms with E-state index in [1.54, 1.807) is 30.5 Å². The molecule has 0 radical (unpaired) electrons. The van der Waals surface area contributed by atoms with Gasteiger partial charge in [-0.1, -0.05) is 11.6 Å². The van der Waals surface area contributed by atoms with Gasteiger partial charge in [-0.2, -0.15) is 5.26 Å². The lowest BCUT2D eigenvalue weighted by Crippen LogP contribution is -2.42. The van der Waals surface area contributed by atoms with Crippen molar-refractivity contribution in [2.45, 2.75) is 30.9 Å². The maximum atomic E-state index is 13.6. The summed E-state index contributed by atoms with van der Waals surface area (Å²) >= 11 is 6.01. The van der Waals surface area contributed by atoms with Gasteiger partial charge in [-0.15, -0.1) is 0 Å². The van der Waals surface area contributed by atoms with Crippen LogP contribution in [0.15, 0.2) is 30.5 Å². The van der Waals surface area contributed by atoms with Gasteiger partial charge in [-0.3, -0.25) is 14.7 Å². The van der Waals surface area contributed by atoms with E-state index in [2.05, 4.69) is 4.98 Å². The van der Waals surface area contributed by atoms with Crippen LogP contribution < -0.4 is 4.74 Å². The normalized spacial score (nSPS) is 24.0. The summed E-state index contributed by atoms with van der Waals surface area (Å²) in [6, 6.07) is 7.91. The van der Waals surface area contributed by atoms with Gasteiger partial charge in [-0.25, -0.2) is 8.78 Å². The highest BCUT2D eigenvalue weighted by Gasteiger charge is 2.47. The molecule has 0 N–H and O–H groups in total. The van der Waals surface area contributed by atoms with Crippen molar-refractivity contribution in [3.8, 4) is 11.8 Å². The highest BCUT2D eigenvalue weighted by atomic mass is 35.5. The van der Waals surface area contributed by atoms with Crippen LogP contribution in [0.2, 0.25) is 5.02 Å². The molecule has 0 spiro atoms. The first kappa shape index (κ1) is 19.8. The van der Waals surface area contributed by atoms with Crippen LogP contribution in [0.5, 0.6) is 5.75 Å². The Bertz CT molecular complexity index is 981. The van der Waals surface area contributed by atoms with Crippen molar-refractivity contribution in [3.63, 3.8) is 0 Å². The zero-order valence-electron chi connectivity index (χ0n) is 15.5. The number of aromatic nitrogens is 1. The summed E-state index contributed by atoms with van der Waals surface area (Å²) in [5.41, 5.74) is 0.734. The predicted molar refractivity (Wildman–Crippen MR) is 103 cm³/mol. The van der Waals surface area contributed by atoms with E-state index in [4.69, 9.17) is 21.6 Å². The van der Waals surface area contributed by atoms with E-state index in [1.807, 2.05) is 11.0 Å². The zero-order chi connectivity index (χ0) is 20.6. The molecule has 1 aromatic carbocycles. The highest BCUT2D eigenvalue weighted by molar-refractivity contribution is 6.31. The molecule has 2 aliphatic heterocycles. The van der Waals surface area contributed by atoms with Crippen LogP contribution in [-0.2, 0) is 4.79 Å². The van der Waals surface area contributed by atoms with E-state index < -0.39 is 30.8 Å². The number of hydrogen-bond acceptors (Lipinski definition) is 5. The third-order valence-corrected chi connectivity index (χ3v) is 5.52. The van der Waals surface area contributed by atoms with E-state index in [9.17, 15) is 13.6 Å². The topological polar surface area (TPSA) is 69.5 Å².